The quantitative estimate of drug-likeness (QED) is 0.420. The molecule has 0 saturated carbocycles. The van der Waals surface area contributed by atoms with Crippen LogP contribution in [-0.2, 0) is 0 Å². The Labute approximate surface area is 104 Å². The molecule has 2 aromatic heterocycles. The molecule has 0 unspecified atom stereocenters. The molecule has 0 fully saturated rings. The first-order chi connectivity index (χ1) is 8.84. The predicted molar refractivity (Wildman–Crippen MR) is 74.9 cm³/mol. The van der Waals surface area contributed by atoms with Gasteiger partial charge in [-0.1, -0.05) is 42.0 Å². The fourth-order valence-corrected chi connectivity index (χ4v) is 2.69. The molecule has 18 heavy (non-hydrogen) atoms. The second-order valence-electron chi connectivity index (χ2n) is 4.69. The predicted octanol–water partition coefficient (Wildman–Crippen LogP) is 3.95. The summed E-state index contributed by atoms with van der Waals surface area (Å²) < 4.78 is 2.02. The second kappa shape index (κ2) is 3.33. The summed E-state index contributed by atoms with van der Waals surface area (Å²) in [5.41, 5.74) is 3.62. The van der Waals surface area contributed by atoms with Crippen molar-refractivity contribution in [2.24, 2.45) is 0 Å². The maximum atomic E-state index is 4.44. The van der Waals surface area contributed by atoms with Gasteiger partial charge in [0.1, 0.15) is 0 Å². The molecule has 2 heteroatoms. The van der Waals surface area contributed by atoms with Crippen LogP contribution in [0.3, 0.4) is 0 Å². The molecule has 0 N–H and O–H groups in total. The SMILES string of the molecule is Cc1ccc2c(c1)c1ccccc1n1nccc21. The molecule has 0 atom stereocenters. The molecule has 0 aliphatic rings. The van der Waals surface area contributed by atoms with Crippen LogP contribution < -0.4 is 0 Å². The highest BCUT2D eigenvalue weighted by Crippen LogP contribution is 2.29. The molecule has 4 rings (SSSR count). The van der Waals surface area contributed by atoms with Crippen LogP contribution in [0.5, 0.6) is 0 Å². The third kappa shape index (κ3) is 1.15. The molecular formula is C16H12N2. The van der Waals surface area contributed by atoms with Gasteiger partial charge in [-0.15, -0.1) is 0 Å². The van der Waals surface area contributed by atoms with Crippen LogP contribution in [0, 0.1) is 6.92 Å². The molecule has 2 nitrogen and oxygen atoms in total. The Hall–Kier alpha value is -2.35. The van der Waals surface area contributed by atoms with Gasteiger partial charge in [0.25, 0.3) is 0 Å². The van der Waals surface area contributed by atoms with Gasteiger partial charge in [-0.05, 0) is 24.4 Å². The maximum absolute atomic E-state index is 4.44. The van der Waals surface area contributed by atoms with E-state index in [0.717, 1.165) is 5.52 Å². The standard InChI is InChI=1S/C16H12N2/c1-11-6-7-13-14(10-11)12-4-2-3-5-15(12)18-16(13)8-9-17-18/h2-10H,1H3. The van der Waals surface area contributed by atoms with Crippen molar-refractivity contribution in [2.75, 3.05) is 0 Å². The first-order valence-electron chi connectivity index (χ1n) is 6.09. The minimum absolute atomic E-state index is 1.16. The van der Waals surface area contributed by atoms with E-state index >= 15 is 0 Å². The monoisotopic (exact) mass is 232 g/mol. The topological polar surface area (TPSA) is 17.3 Å². The Morgan fingerprint density at radius 3 is 2.56 bits per heavy atom. The zero-order valence-electron chi connectivity index (χ0n) is 10.1. The minimum atomic E-state index is 1.16. The van der Waals surface area contributed by atoms with Crippen LogP contribution in [0.4, 0.5) is 0 Å². The number of rotatable bonds is 0. The smallest absolute Gasteiger partial charge is 0.0747 e. The number of para-hydroxylation sites is 1. The summed E-state index contributed by atoms with van der Waals surface area (Å²) in [4.78, 5) is 0. The average molecular weight is 232 g/mol. The molecule has 0 aliphatic carbocycles. The number of pyridine rings is 1. The van der Waals surface area contributed by atoms with Crippen LogP contribution in [0.15, 0.2) is 54.7 Å². The maximum Gasteiger partial charge on any atom is 0.0747 e. The summed E-state index contributed by atoms with van der Waals surface area (Å²) in [6, 6.07) is 17.1. The zero-order chi connectivity index (χ0) is 12.1. The van der Waals surface area contributed by atoms with Crippen molar-refractivity contribution in [3.8, 4) is 0 Å². The van der Waals surface area contributed by atoms with Crippen molar-refractivity contribution in [3.63, 3.8) is 0 Å². The van der Waals surface area contributed by atoms with Gasteiger partial charge >= 0.3 is 0 Å². The van der Waals surface area contributed by atoms with E-state index in [1.807, 2.05) is 10.7 Å². The van der Waals surface area contributed by atoms with E-state index in [9.17, 15) is 0 Å². The van der Waals surface area contributed by atoms with Gasteiger partial charge in [0.05, 0.1) is 17.2 Å². The van der Waals surface area contributed by atoms with Crippen molar-refractivity contribution in [3.05, 3.63) is 60.3 Å². The molecule has 0 bridgehead atoms. The van der Waals surface area contributed by atoms with E-state index in [-0.39, 0.29) is 0 Å². The lowest BCUT2D eigenvalue weighted by Crippen LogP contribution is -1.92. The Balaban J connectivity index is 2.44. The Morgan fingerprint density at radius 2 is 1.61 bits per heavy atom. The van der Waals surface area contributed by atoms with Crippen LogP contribution in [0.2, 0.25) is 0 Å². The van der Waals surface area contributed by atoms with E-state index in [2.05, 4.69) is 60.6 Å². The molecule has 0 amide bonds. The number of aromatic nitrogens is 2. The normalized spacial score (nSPS) is 11.6. The van der Waals surface area contributed by atoms with Gasteiger partial charge < -0.3 is 0 Å². The summed E-state index contributed by atoms with van der Waals surface area (Å²) in [7, 11) is 0. The van der Waals surface area contributed by atoms with Gasteiger partial charge in [-0.3, -0.25) is 0 Å². The Morgan fingerprint density at radius 1 is 0.833 bits per heavy atom. The number of fused-ring (bicyclic) bond motifs is 6. The summed E-state index contributed by atoms with van der Waals surface area (Å²) >= 11 is 0. The zero-order valence-corrected chi connectivity index (χ0v) is 10.1. The highest BCUT2D eigenvalue weighted by Gasteiger charge is 2.08. The van der Waals surface area contributed by atoms with E-state index in [4.69, 9.17) is 0 Å². The lowest BCUT2D eigenvalue weighted by molar-refractivity contribution is 1.01. The van der Waals surface area contributed by atoms with Gasteiger partial charge in [0.2, 0.25) is 0 Å². The third-order valence-corrected chi connectivity index (χ3v) is 3.52. The molecule has 0 saturated heterocycles. The lowest BCUT2D eigenvalue weighted by Gasteiger charge is -2.08. The van der Waals surface area contributed by atoms with Crippen LogP contribution >= 0.6 is 0 Å². The first-order valence-corrected chi connectivity index (χ1v) is 6.09. The van der Waals surface area contributed by atoms with E-state index in [0.29, 0.717) is 0 Å². The number of benzene rings is 2. The number of nitrogens with zero attached hydrogens (tertiary/aromatic N) is 2. The Kier molecular flexibility index (Phi) is 1.78. The fourth-order valence-electron chi connectivity index (χ4n) is 2.69. The van der Waals surface area contributed by atoms with Crippen molar-refractivity contribution < 1.29 is 0 Å². The highest BCUT2D eigenvalue weighted by molar-refractivity contribution is 6.12. The van der Waals surface area contributed by atoms with Crippen molar-refractivity contribution in [1.82, 2.24) is 9.61 Å². The minimum Gasteiger partial charge on any atom is -0.232 e. The molecule has 86 valence electrons. The second-order valence-corrected chi connectivity index (χ2v) is 4.69. The van der Waals surface area contributed by atoms with Crippen molar-refractivity contribution >= 4 is 27.2 Å². The fraction of sp³-hybridized carbons (Fsp3) is 0.0625. The van der Waals surface area contributed by atoms with Crippen molar-refractivity contribution in [2.45, 2.75) is 6.92 Å². The molecule has 2 heterocycles. The summed E-state index contributed by atoms with van der Waals surface area (Å²) in [6.45, 7) is 2.13. The lowest BCUT2D eigenvalue weighted by atomic mass is 10.0. The molecule has 0 spiro atoms. The van der Waals surface area contributed by atoms with Gasteiger partial charge in [0.15, 0.2) is 0 Å². The van der Waals surface area contributed by atoms with Gasteiger partial charge in [0, 0.05) is 10.8 Å². The first kappa shape index (κ1) is 9.66. The van der Waals surface area contributed by atoms with Crippen LogP contribution in [-0.4, -0.2) is 9.61 Å². The van der Waals surface area contributed by atoms with E-state index in [1.54, 1.807) is 0 Å². The molecule has 0 aliphatic heterocycles. The molecule has 0 radical (unpaired) electrons. The largest absolute Gasteiger partial charge is 0.232 e. The van der Waals surface area contributed by atoms with Gasteiger partial charge in [-0.25, -0.2) is 4.52 Å². The summed E-state index contributed by atoms with van der Waals surface area (Å²) in [5, 5.41) is 8.26. The number of hydrogen-bond acceptors (Lipinski definition) is 1. The number of hydrogen-bond donors (Lipinski definition) is 0. The molecule has 4 aromatic rings. The summed E-state index contributed by atoms with van der Waals surface area (Å²) in [6.07, 6.45) is 1.86. The van der Waals surface area contributed by atoms with E-state index < -0.39 is 0 Å². The Bertz CT molecular complexity index is 887. The number of aryl methyl sites for hydroxylation is 1. The molecular weight excluding hydrogens is 220 g/mol. The molecule has 2 aromatic carbocycles. The van der Waals surface area contributed by atoms with Gasteiger partial charge in [-0.2, -0.15) is 5.10 Å². The van der Waals surface area contributed by atoms with Crippen LogP contribution in [0.25, 0.3) is 27.2 Å². The van der Waals surface area contributed by atoms with Crippen LogP contribution in [0.1, 0.15) is 5.56 Å². The van der Waals surface area contributed by atoms with Crippen molar-refractivity contribution in [1.29, 1.82) is 0 Å². The highest BCUT2D eigenvalue weighted by atomic mass is 15.2. The average Bonchev–Trinajstić information content (AvgIpc) is 2.88. The summed E-state index contributed by atoms with van der Waals surface area (Å²) in [5.74, 6) is 0. The van der Waals surface area contributed by atoms with E-state index in [1.165, 1.54) is 27.2 Å². The third-order valence-electron chi connectivity index (χ3n) is 3.52.